The summed E-state index contributed by atoms with van der Waals surface area (Å²) in [4.78, 5) is 64.0. The van der Waals surface area contributed by atoms with Crippen molar-refractivity contribution in [2.24, 2.45) is 29.6 Å². The first-order valence-electron chi connectivity index (χ1n) is 18.8. The minimum Gasteiger partial charge on any atom is -0.508 e. The molecule has 5 aliphatic rings. The van der Waals surface area contributed by atoms with Gasteiger partial charge in [0.05, 0.1) is 40.0 Å². The normalized spacial score (nSPS) is 26.1. The first kappa shape index (κ1) is 38.6. The molecule has 0 spiro atoms. The van der Waals surface area contributed by atoms with Gasteiger partial charge in [0.1, 0.15) is 17.2 Å². The number of anilines is 1. The molecule has 11 nitrogen and oxygen atoms in total. The summed E-state index contributed by atoms with van der Waals surface area (Å²) in [6.07, 6.45) is -0.172. The number of ether oxygens (including phenoxy) is 1. The predicted molar refractivity (Wildman–Crippen MR) is 207 cm³/mol. The number of amides is 4. The summed E-state index contributed by atoms with van der Waals surface area (Å²) < 4.78 is 46.7. The minimum absolute atomic E-state index is 0.0222. The van der Waals surface area contributed by atoms with Gasteiger partial charge in [0, 0.05) is 35.7 Å². The van der Waals surface area contributed by atoms with Gasteiger partial charge < -0.3 is 14.9 Å². The van der Waals surface area contributed by atoms with Gasteiger partial charge in [-0.25, -0.2) is 4.98 Å². The lowest BCUT2D eigenvalue weighted by Gasteiger charge is -2.51. The van der Waals surface area contributed by atoms with Crippen molar-refractivity contribution < 1.29 is 47.3 Å². The molecule has 1 saturated carbocycles. The van der Waals surface area contributed by atoms with E-state index in [9.17, 15) is 37.8 Å². The van der Waals surface area contributed by atoms with E-state index in [2.05, 4.69) is 10.4 Å². The van der Waals surface area contributed by atoms with Crippen LogP contribution < -0.4 is 10.2 Å². The fraction of sp³-hybridized carbons (Fsp3) is 0.279. The monoisotopic (exact) mass is 844 g/mol. The number of halogens is 5. The van der Waals surface area contributed by atoms with Crippen molar-refractivity contribution in [2.45, 2.75) is 37.3 Å². The molecule has 1 aromatic heterocycles. The topological polar surface area (TPSA) is 149 Å². The molecule has 6 atom stereocenters. The third-order valence-electron chi connectivity index (χ3n) is 12.4. The van der Waals surface area contributed by atoms with Crippen LogP contribution >= 0.6 is 23.2 Å². The summed E-state index contributed by atoms with van der Waals surface area (Å²) in [6, 6.07) is 18.2. The lowest BCUT2D eigenvalue weighted by molar-refractivity contribution is -0.141. The number of phenolic OH excluding ortho intramolecular Hbond substituents is 2. The molecule has 3 aromatic carbocycles. The zero-order chi connectivity index (χ0) is 41.5. The summed E-state index contributed by atoms with van der Waals surface area (Å²) in [6.45, 7) is 0.0916. The molecule has 0 unspecified atom stereocenters. The largest absolute Gasteiger partial charge is 0.508 e. The number of carbonyl (C=O) groups is 4. The number of imide groups is 2. The van der Waals surface area contributed by atoms with Gasteiger partial charge in [-0.2, -0.15) is 18.2 Å². The molecular weight excluding hydrogens is 812 g/mol. The van der Waals surface area contributed by atoms with Crippen LogP contribution in [0.25, 0.3) is 0 Å². The van der Waals surface area contributed by atoms with Gasteiger partial charge >= 0.3 is 6.18 Å². The Kier molecular flexibility index (Phi) is 9.27. The van der Waals surface area contributed by atoms with E-state index in [1.54, 1.807) is 48.5 Å². The van der Waals surface area contributed by atoms with E-state index in [0.717, 1.165) is 10.6 Å². The second kappa shape index (κ2) is 14.2. The summed E-state index contributed by atoms with van der Waals surface area (Å²) in [5.74, 6) is -6.54. The number of pyridine rings is 1. The summed E-state index contributed by atoms with van der Waals surface area (Å²) in [7, 11) is 0. The van der Waals surface area contributed by atoms with E-state index in [-0.39, 0.29) is 49.0 Å². The molecule has 3 aliphatic heterocycles. The van der Waals surface area contributed by atoms with Crippen LogP contribution in [-0.2, 0) is 43.6 Å². The van der Waals surface area contributed by atoms with Crippen molar-refractivity contribution in [3.8, 4) is 17.2 Å². The van der Waals surface area contributed by atoms with Crippen molar-refractivity contribution in [3.05, 3.63) is 135 Å². The van der Waals surface area contributed by atoms with Crippen LogP contribution in [-0.4, -0.2) is 55.3 Å². The number of rotatable bonds is 7. The molecule has 2 saturated heterocycles. The van der Waals surface area contributed by atoms with Crippen LogP contribution in [0.2, 0.25) is 10.0 Å². The van der Waals surface area contributed by atoms with Crippen molar-refractivity contribution in [1.29, 1.82) is 0 Å². The third-order valence-corrected chi connectivity index (χ3v) is 12.9. The maximum atomic E-state index is 15.4. The number of nitrogens with one attached hydrogen (secondary N) is 1. The summed E-state index contributed by atoms with van der Waals surface area (Å²) in [5.41, 5.74) is 2.78. The van der Waals surface area contributed by atoms with Gasteiger partial charge in [-0.3, -0.25) is 29.5 Å². The van der Waals surface area contributed by atoms with Gasteiger partial charge in [0.2, 0.25) is 11.8 Å². The number of hydrazine groups is 1. The zero-order valence-corrected chi connectivity index (χ0v) is 32.3. The fourth-order valence-corrected chi connectivity index (χ4v) is 10.1. The van der Waals surface area contributed by atoms with Gasteiger partial charge in [0.15, 0.2) is 5.82 Å². The highest BCUT2D eigenvalue weighted by Gasteiger charge is 2.70. The lowest BCUT2D eigenvalue weighted by Crippen LogP contribution is -2.55. The van der Waals surface area contributed by atoms with Crippen LogP contribution in [0.4, 0.5) is 19.0 Å². The number of likely N-dealkylation sites (tertiary alicyclic amines) is 1. The Bertz CT molecular complexity index is 2510. The molecule has 3 N–H and O–H groups in total. The fourth-order valence-electron chi connectivity index (χ4n) is 9.79. The molecule has 0 radical (unpaired) electrons. The number of aromatic nitrogens is 1. The second-order valence-electron chi connectivity index (χ2n) is 15.4. The average Bonchev–Trinajstić information content (AvgIpc) is 3.58. The zero-order valence-electron chi connectivity index (χ0n) is 30.7. The number of benzene rings is 3. The minimum atomic E-state index is -4.76. The summed E-state index contributed by atoms with van der Waals surface area (Å²) in [5, 5.41) is 20.8. The number of phenols is 2. The maximum absolute atomic E-state index is 15.4. The van der Waals surface area contributed by atoms with Gasteiger partial charge in [-0.15, -0.1) is 0 Å². The van der Waals surface area contributed by atoms with Crippen molar-refractivity contribution in [3.63, 3.8) is 0 Å². The molecule has 2 aliphatic carbocycles. The molecule has 4 heterocycles. The second-order valence-corrected chi connectivity index (χ2v) is 16.3. The molecule has 302 valence electrons. The Morgan fingerprint density at radius 1 is 0.898 bits per heavy atom. The number of hydrogen-bond acceptors (Lipinski definition) is 9. The van der Waals surface area contributed by atoms with E-state index in [4.69, 9.17) is 27.9 Å². The Hall–Kier alpha value is -5.86. The number of hydrogen-bond donors (Lipinski definition) is 3. The molecule has 59 heavy (non-hydrogen) atoms. The SMILES string of the molecule is O=C1[C@H]2[C@H](CC=C3[C@H](C4=COc5ccc(O)cc5C4)[C@]4(c5ccc(Cl)cc5)C(=O)N(Nc5ncc(C(F)(F)F)cc5Cl)C(=O)[C@@H]4C[C@H]32)C(=O)N1CCc1ccc(O)cc1. The Morgan fingerprint density at radius 3 is 2.34 bits per heavy atom. The Labute approximate surface area is 344 Å². The number of fused-ring (bicyclic) bond motifs is 5. The van der Waals surface area contributed by atoms with Crippen LogP contribution in [0.1, 0.15) is 35.1 Å². The first-order chi connectivity index (χ1) is 28.2. The molecule has 0 bridgehead atoms. The Morgan fingerprint density at radius 2 is 1.63 bits per heavy atom. The summed E-state index contributed by atoms with van der Waals surface area (Å²) >= 11 is 12.7. The molecule has 3 fully saturated rings. The number of aromatic hydroxyl groups is 2. The highest BCUT2D eigenvalue weighted by molar-refractivity contribution is 6.33. The number of nitrogens with zero attached hydrogens (tertiary/aromatic N) is 3. The van der Waals surface area contributed by atoms with E-state index >= 15 is 4.79 Å². The van der Waals surface area contributed by atoms with E-state index in [1.807, 2.05) is 6.08 Å². The van der Waals surface area contributed by atoms with E-state index < -0.39 is 69.5 Å². The van der Waals surface area contributed by atoms with Gasteiger partial charge in [0.25, 0.3) is 11.8 Å². The predicted octanol–water partition coefficient (Wildman–Crippen LogP) is 7.40. The standard InChI is InChI=1S/C43H33Cl2F3N4O7/c44-26-5-3-24(4-6-26)42-32(39(56)52(41(42)58)50-37-33(45)17-25(19-49-37)43(46,47)48)18-31-29(36(42)23-15-22-16-28(54)9-12-34(22)59-20-23)10-11-30-35(31)40(57)51(38(30)55)14-13-21-1-7-27(53)8-2-21/h1-10,12,16-17,19-20,30-32,35-36,53-54H,11,13-15,18H2,(H,49,50)/t30-,31+,32-,35-,36-,42+/m0/s1. The van der Waals surface area contributed by atoms with Gasteiger partial charge in [-0.05, 0) is 90.4 Å². The third kappa shape index (κ3) is 6.22. The van der Waals surface area contributed by atoms with E-state index in [1.165, 1.54) is 29.4 Å². The van der Waals surface area contributed by atoms with Crippen LogP contribution in [0, 0.1) is 29.6 Å². The Balaban J connectivity index is 1.17. The van der Waals surface area contributed by atoms with Crippen molar-refractivity contribution >= 4 is 52.6 Å². The van der Waals surface area contributed by atoms with Crippen molar-refractivity contribution in [2.75, 3.05) is 12.0 Å². The number of carbonyl (C=O) groups excluding carboxylic acids is 4. The van der Waals surface area contributed by atoms with Crippen LogP contribution in [0.3, 0.4) is 0 Å². The highest BCUT2D eigenvalue weighted by atomic mass is 35.5. The highest BCUT2D eigenvalue weighted by Crippen LogP contribution is 2.63. The first-order valence-corrected chi connectivity index (χ1v) is 19.6. The smallest absolute Gasteiger partial charge is 0.417 e. The van der Waals surface area contributed by atoms with Crippen molar-refractivity contribution in [1.82, 2.24) is 14.9 Å². The quantitative estimate of drug-likeness (QED) is 0.128. The molecule has 16 heteroatoms. The van der Waals surface area contributed by atoms with Gasteiger partial charge in [-0.1, -0.05) is 59.1 Å². The maximum Gasteiger partial charge on any atom is 0.417 e. The molecule has 9 rings (SSSR count). The average molecular weight is 846 g/mol. The van der Waals surface area contributed by atoms with Crippen LogP contribution in [0.15, 0.2) is 102 Å². The number of allylic oxidation sites excluding steroid dienone is 3. The molecule has 4 aromatic rings. The number of alkyl halides is 3. The molecular formula is C43H33Cl2F3N4O7. The van der Waals surface area contributed by atoms with E-state index in [0.29, 0.717) is 51.7 Å². The lowest BCUT2D eigenvalue weighted by atomic mass is 9.48. The molecule has 4 amide bonds. The van der Waals surface area contributed by atoms with Crippen LogP contribution in [0.5, 0.6) is 17.2 Å².